The molecule has 0 aromatic heterocycles. The summed E-state index contributed by atoms with van der Waals surface area (Å²) in [5.74, 6) is 1.24. The monoisotopic (exact) mass is 425 g/mol. The van der Waals surface area contributed by atoms with E-state index in [9.17, 15) is 4.79 Å². The first kappa shape index (κ1) is 19.5. The molecule has 2 heterocycles. The van der Waals surface area contributed by atoms with Gasteiger partial charge in [-0.2, -0.15) is 0 Å². The van der Waals surface area contributed by atoms with Gasteiger partial charge in [-0.05, 0) is 62.0 Å². The fourth-order valence-corrected chi connectivity index (χ4v) is 5.07. The Hall–Kier alpha value is -2.50. The van der Waals surface area contributed by atoms with Crippen LogP contribution in [-0.2, 0) is 16.7 Å². The molecule has 3 atom stereocenters. The lowest BCUT2D eigenvalue weighted by atomic mass is 9.69. The average Bonchev–Trinajstić information content (AvgIpc) is 3.00. The summed E-state index contributed by atoms with van der Waals surface area (Å²) in [6.45, 7) is 1.85. The highest BCUT2D eigenvalue weighted by Gasteiger charge is 2.53. The van der Waals surface area contributed by atoms with Crippen LogP contribution in [0.25, 0.3) is 0 Å². The van der Waals surface area contributed by atoms with Gasteiger partial charge in [0.2, 0.25) is 0 Å². The minimum Gasteiger partial charge on any atom is -0.493 e. The standard InChI is InChI=1S/C24H24ClNO4/c1-26-12-11-24-10-9-18(29-23(27)15-3-6-17(25)7-4-15)13-20(24)30-22-19(28-2)8-5-16(14-26)21(22)24/h3-10,18,20H,11-14H2,1-2H3/t18-,20-,24-/m0/s1. The van der Waals surface area contributed by atoms with Crippen molar-refractivity contribution in [1.29, 1.82) is 0 Å². The quantitative estimate of drug-likeness (QED) is 0.540. The Labute approximate surface area is 181 Å². The van der Waals surface area contributed by atoms with Gasteiger partial charge in [0.05, 0.1) is 18.1 Å². The molecule has 3 aliphatic rings. The van der Waals surface area contributed by atoms with Crippen molar-refractivity contribution < 1.29 is 19.0 Å². The van der Waals surface area contributed by atoms with Crippen LogP contribution in [0.5, 0.6) is 11.5 Å². The normalized spacial score (nSPS) is 26.9. The van der Waals surface area contributed by atoms with Gasteiger partial charge in [-0.1, -0.05) is 23.7 Å². The van der Waals surface area contributed by atoms with E-state index in [4.69, 9.17) is 25.8 Å². The maximum atomic E-state index is 12.6. The molecule has 2 aromatic carbocycles. The van der Waals surface area contributed by atoms with Crippen LogP contribution in [0.1, 0.15) is 34.3 Å². The van der Waals surface area contributed by atoms with Gasteiger partial charge in [0.1, 0.15) is 12.2 Å². The van der Waals surface area contributed by atoms with Gasteiger partial charge in [-0.3, -0.25) is 0 Å². The van der Waals surface area contributed by atoms with Crippen LogP contribution >= 0.6 is 11.6 Å². The number of hydrogen-bond donors (Lipinski definition) is 0. The minimum atomic E-state index is -0.355. The van der Waals surface area contributed by atoms with Crippen LogP contribution in [0.15, 0.2) is 48.6 Å². The Morgan fingerprint density at radius 2 is 2.03 bits per heavy atom. The van der Waals surface area contributed by atoms with E-state index in [1.54, 1.807) is 31.4 Å². The molecule has 156 valence electrons. The topological polar surface area (TPSA) is 48.0 Å². The molecule has 0 saturated carbocycles. The molecule has 6 heteroatoms. The number of benzene rings is 2. The van der Waals surface area contributed by atoms with E-state index in [0.29, 0.717) is 17.0 Å². The maximum absolute atomic E-state index is 12.6. The van der Waals surface area contributed by atoms with Crippen LogP contribution in [-0.4, -0.2) is 43.8 Å². The highest BCUT2D eigenvalue weighted by Crippen LogP contribution is 2.55. The molecule has 2 aromatic rings. The number of halogens is 1. The first-order chi connectivity index (χ1) is 14.5. The summed E-state index contributed by atoms with van der Waals surface area (Å²) in [6, 6.07) is 10.9. The van der Waals surface area contributed by atoms with Crippen LogP contribution in [0.2, 0.25) is 5.02 Å². The molecule has 0 radical (unpaired) electrons. The fraction of sp³-hybridized carbons (Fsp3) is 0.375. The SMILES string of the molecule is COc1ccc2c3c1O[C@H]1C[C@@H](OC(=O)c4ccc(Cl)cc4)C=C[C@@]31CCN(C)C2. The number of rotatable bonds is 3. The number of carbonyl (C=O) groups is 1. The summed E-state index contributed by atoms with van der Waals surface area (Å²) in [5.41, 5.74) is 2.78. The van der Waals surface area contributed by atoms with Crippen molar-refractivity contribution >= 4 is 17.6 Å². The Balaban J connectivity index is 1.46. The van der Waals surface area contributed by atoms with Crippen molar-refractivity contribution in [2.24, 2.45) is 0 Å². The maximum Gasteiger partial charge on any atom is 0.338 e. The zero-order valence-corrected chi connectivity index (χ0v) is 17.8. The third kappa shape index (κ3) is 3.08. The molecule has 0 N–H and O–H groups in total. The van der Waals surface area contributed by atoms with Gasteiger partial charge in [0, 0.05) is 23.6 Å². The Morgan fingerprint density at radius 1 is 1.23 bits per heavy atom. The Morgan fingerprint density at radius 3 is 2.80 bits per heavy atom. The molecule has 1 aliphatic carbocycles. The minimum absolute atomic E-state index is 0.0953. The van der Waals surface area contributed by atoms with Crippen LogP contribution in [0.4, 0.5) is 0 Å². The van der Waals surface area contributed by atoms with Crippen LogP contribution in [0, 0.1) is 0 Å². The van der Waals surface area contributed by atoms with E-state index < -0.39 is 0 Å². The second-order valence-corrected chi connectivity index (χ2v) is 8.75. The molecule has 5 nitrogen and oxygen atoms in total. The summed E-state index contributed by atoms with van der Waals surface area (Å²) in [4.78, 5) is 14.9. The molecule has 0 saturated heterocycles. The number of ether oxygens (including phenoxy) is 3. The zero-order valence-electron chi connectivity index (χ0n) is 17.1. The number of esters is 1. The summed E-state index contributed by atoms with van der Waals surface area (Å²) in [5, 5.41) is 0.589. The molecule has 1 spiro atoms. The Kier molecular flexibility index (Phi) is 4.75. The molecule has 2 aliphatic heterocycles. The first-order valence-corrected chi connectivity index (χ1v) is 10.6. The van der Waals surface area contributed by atoms with Crippen molar-refractivity contribution in [3.63, 3.8) is 0 Å². The smallest absolute Gasteiger partial charge is 0.338 e. The van der Waals surface area contributed by atoms with E-state index in [0.717, 1.165) is 31.0 Å². The van der Waals surface area contributed by atoms with Gasteiger partial charge in [0.25, 0.3) is 0 Å². The van der Waals surface area contributed by atoms with Crippen molar-refractivity contribution in [2.75, 3.05) is 20.7 Å². The fourth-order valence-electron chi connectivity index (χ4n) is 4.94. The lowest BCUT2D eigenvalue weighted by Crippen LogP contribution is -2.43. The molecular weight excluding hydrogens is 402 g/mol. The number of carbonyl (C=O) groups excluding carboxylic acids is 1. The molecule has 5 rings (SSSR count). The van der Waals surface area contributed by atoms with Gasteiger partial charge >= 0.3 is 5.97 Å². The average molecular weight is 426 g/mol. The second kappa shape index (κ2) is 7.33. The van der Waals surface area contributed by atoms with Gasteiger partial charge < -0.3 is 19.1 Å². The van der Waals surface area contributed by atoms with Crippen molar-refractivity contribution in [3.05, 3.63) is 70.3 Å². The molecule has 0 bridgehead atoms. The lowest BCUT2D eigenvalue weighted by molar-refractivity contribution is 0.0218. The molecule has 0 amide bonds. The molecule has 0 unspecified atom stereocenters. The largest absolute Gasteiger partial charge is 0.493 e. The van der Waals surface area contributed by atoms with Crippen LogP contribution < -0.4 is 9.47 Å². The van der Waals surface area contributed by atoms with E-state index in [1.807, 2.05) is 12.1 Å². The van der Waals surface area contributed by atoms with Gasteiger partial charge in [0.15, 0.2) is 11.5 Å². The van der Waals surface area contributed by atoms with E-state index in [1.165, 1.54) is 11.1 Å². The first-order valence-electron chi connectivity index (χ1n) is 10.2. The Bertz CT molecular complexity index is 1020. The van der Waals surface area contributed by atoms with Crippen LogP contribution in [0.3, 0.4) is 0 Å². The molecule has 0 fully saturated rings. The predicted octanol–water partition coefficient (Wildman–Crippen LogP) is 4.37. The van der Waals surface area contributed by atoms with Crippen molar-refractivity contribution in [3.8, 4) is 11.5 Å². The van der Waals surface area contributed by atoms with Crippen molar-refractivity contribution in [1.82, 2.24) is 4.90 Å². The number of nitrogens with zero attached hydrogens (tertiary/aromatic N) is 1. The van der Waals surface area contributed by atoms with E-state index in [2.05, 4.69) is 24.1 Å². The number of hydrogen-bond acceptors (Lipinski definition) is 5. The lowest BCUT2D eigenvalue weighted by Gasteiger charge is -2.36. The van der Waals surface area contributed by atoms with Crippen molar-refractivity contribution in [2.45, 2.75) is 37.0 Å². The zero-order chi connectivity index (χ0) is 20.9. The van der Waals surface area contributed by atoms with Gasteiger partial charge in [-0.15, -0.1) is 0 Å². The highest BCUT2D eigenvalue weighted by molar-refractivity contribution is 6.30. The molecular formula is C24H24ClNO4. The van der Waals surface area contributed by atoms with E-state index in [-0.39, 0.29) is 23.6 Å². The third-order valence-electron chi connectivity index (χ3n) is 6.47. The summed E-state index contributed by atoms with van der Waals surface area (Å²) in [6.07, 6.45) is 5.36. The molecule has 30 heavy (non-hydrogen) atoms. The summed E-state index contributed by atoms with van der Waals surface area (Å²) >= 11 is 5.92. The van der Waals surface area contributed by atoms with Gasteiger partial charge in [-0.25, -0.2) is 4.79 Å². The summed E-state index contributed by atoms with van der Waals surface area (Å²) in [7, 11) is 3.82. The third-order valence-corrected chi connectivity index (χ3v) is 6.72. The number of methoxy groups -OCH3 is 1. The summed E-state index contributed by atoms with van der Waals surface area (Å²) < 4.78 is 17.8. The van der Waals surface area contributed by atoms with E-state index >= 15 is 0 Å². The predicted molar refractivity (Wildman–Crippen MR) is 114 cm³/mol. The second-order valence-electron chi connectivity index (χ2n) is 8.31. The highest BCUT2D eigenvalue weighted by atomic mass is 35.5.